The summed E-state index contributed by atoms with van der Waals surface area (Å²) in [5.41, 5.74) is 2.05. The smallest absolute Gasteiger partial charge is 0.264 e. The molecule has 4 rings (SSSR count). The van der Waals surface area contributed by atoms with E-state index in [2.05, 4.69) is 4.72 Å². The molecule has 2 atom stereocenters. The molecule has 0 fully saturated rings. The molecule has 6 nitrogen and oxygen atoms in total. The number of nitrogens with zero attached hydrogens (tertiary/aromatic N) is 1. The number of nitrogens with one attached hydrogen (secondary N) is 1. The topological polar surface area (TPSA) is 75.7 Å². The average molecular weight is 469 g/mol. The van der Waals surface area contributed by atoms with Crippen LogP contribution in [0.4, 0.5) is 10.1 Å². The Labute approximate surface area is 193 Å². The largest absolute Gasteiger partial charge is 0.481 e. The maximum atomic E-state index is 13.2. The lowest BCUT2D eigenvalue weighted by Crippen LogP contribution is -2.40. The van der Waals surface area contributed by atoms with Crippen molar-refractivity contribution in [1.82, 2.24) is 4.90 Å². The minimum Gasteiger partial charge on any atom is -0.481 e. The first kappa shape index (κ1) is 22.8. The molecule has 1 heterocycles. The van der Waals surface area contributed by atoms with Gasteiger partial charge in [0.25, 0.3) is 15.9 Å². The molecule has 0 radical (unpaired) electrons. The zero-order valence-corrected chi connectivity index (χ0v) is 19.2. The second-order valence-electron chi connectivity index (χ2n) is 7.94. The molecule has 0 saturated carbocycles. The van der Waals surface area contributed by atoms with Crippen molar-refractivity contribution >= 4 is 21.6 Å². The summed E-state index contributed by atoms with van der Waals surface area (Å²) in [4.78, 5) is 14.9. The number of anilines is 1. The molecule has 1 aliphatic rings. The fourth-order valence-electron chi connectivity index (χ4n) is 4.02. The summed E-state index contributed by atoms with van der Waals surface area (Å²) in [7, 11) is -3.90. The van der Waals surface area contributed by atoms with Gasteiger partial charge in [-0.25, -0.2) is 12.8 Å². The third-order valence-electron chi connectivity index (χ3n) is 5.66. The molecule has 1 amide bonds. The zero-order valence-electron chi connectivity index (χ0n) is 18.4. The third kappa shape index (κ3) is 4.85. The lowest BCUT2D eigenvalue weighted by Gasteiger charge is -2.31. The molecule has 0 aliphatic carbocycles. The summed E-state index contributed by atoms with van der Waals surface area (Å²) < 4.78 is 47.1. The second-order valence-corrected chi connectivity index (χ2v) is 9.63. The summed E-state index contributed by atoms with van der Waals surface area (Å²) in [6, 6.07) is 19.2. The first-order chi connectivity index (χ1) is 15.8. The number of ether oxygens (including phenoxy) is 1. The highest BCUT2D eigenvalue weighted by Crippen LogP contribution is 2.34. The molecule has 0 aromatic heterocycles. The van der Waals surface area contributed by atoms with E-state index in [-0.39, 0.29) is 23.4 Å². The third-order valence-corrected chi connectivity index (χ3v) is 7.06. The van der Waals surface area contributed by atoms with E-state index in [0.29, 0.717) is 23.4 Å². The van der Waals surface area contributed by atoms with Crippen LogP contribution in [0.15, 0.2) is 77.7 Å². The van der Waals surface area contributed by atoms with Gasteiger partial charge in [0.2, 0.25) is 0 Å². The fourth-order valence-corrected chi connectivity index (χ4v) is 5.07. The molecular weight excluding hydrogens is 443 g/mol. The van der Waals surface area contributed by atoms with Gasteiger partial charge < -0.3 is 9.64 Å². The average Bonchev–Trinajstić information content (AvgIpc) is 2.92. The summed E-state index contributed by atoms with van der Waals surface area (Å²) in [6.07, 6.45) is 0.0417. The number of amides is 1. The van der Waals surface area contributed by atoms with Crippen molar-refractivity contribution in [3.8, 4) is 5.75 Å². The number of hydrogen-bond acceptors (Lipinski definition) is 4. The first-order valence-electron chi connectivity index (χ1n) is 10.7. The van der Waals surface area contributed by atoms with Crippen molar-refractivity contribution in [3.05, 3.63) is 89.7 Å². The van der Waals surface area contributed by atoms with Crippen molar-refractivity contribution in [2.45, 2.75) is 43.9 Å². The molecule has 0 saturated heterocycles. The van der Waals surface area contributed by atoms with E-state index in [1.54, 1.807) is 30.0 Å². The molecule has 3 aromatic carbocycles. The number of fused-ring (bicyclic) bond motifs is 1. The van der Waals surface area contributed by atoms with Gasteiger partial charge in [-0.3, -0.25) is 9.52 Å². The zero-order chi connectivity index (χ0) is 23.6. The van der Waals surface area contributed by atoms with Crippen LogP contribution in [0.1, 0.15) is 37.4 Å². The minimum absolute atomic E-state index is 0.0457. The molecule has 1 aliphatic heterocycles. The predicted molar refractivity (Wildman–Crippen MR) is 124 cm³/mol. The molecule has 8 heteroatoms. The highest BCUT2D eigenvalue weighted by Gasteiger charge is 2.33. The summed E-state index contributed by atoms with van der Waals surface area (Å²) in [5, 5.41) is 0. The second kappa shape index (κ2) is 9.23. The van der Waals surface area contributed by atoms with Crippen LogP contribution in [0.5, 0.6) is 5.75 Å². The Morgan fingerprint density at radius 1 is 1.09 bits per heavy atom. The Morgan fingerprint density at radius 3 is 2.45 bits per heavy atom. The van der Waals surface area contributed by atoms with Crippen molar-refractivity contribution in [2.24, 2.45) is 0 Å². The van der Waals surface area contributed by atoms with Crippen molar-refractivity contribution in [2.75, 3.05) is 4.72 Å². The van der Waals surface area contributed by atoms with Crippen LogP contribution in [-0.2, 0) is 21.4 Å². The number of carbonyl (C=O) groups excluding carboxylic acids is 1. The van der Waals surface area contributed by atoms with Crippen LogP contribution >= 0.6 is 0 Å². The molecule has 33 heavy (non-hydrogen) atoms. The Morgan fingerprint density at radius 2 is 1.79 bits per heavy atom. The molecule has 1 N–H and O–H groups in total. The van der Waals surface area contributed by atoms with Gasteiger partial charge in [0, 0.05) is 11.3 Å². The number of benzene rings is 3. The molecule has 0 bridgehead atoms. The molecule has 0 unspecified atom stereocenters. The normalized spacial score (nSPS) is 17.0. The van der Waals surface area contributed by atoms with E-state index < -0.39 is 21.9 Å². The van der Waals surface area contributed by atoms with Crippen LogP contribution < -0.4 is 9.46 Å². The highest BCUT2D eigenvalue weighted by atomic mass is 32.2. The number of rotatable bonds is 6. The first-order valence-corrected chi connectivity index (χ1v) is 12.2. The number of hydrogen-bond donors (Lipinski definition) is 1. The fraction of sp³-hybridized carbons (Fsp3) is 0.240. The molecular formula is C25H25FN2O4S. The quantitative estimate of drug-likeness (QED) is 0.559. The Kier molecular flexibility index (Phi) is 6.37. The molecule has 0 spiro atoms. The molecule has 3 aromatic rings. The van der Waals surface area contributed by atoms with Gasteiger partial charge in [-0.05, 0) is 61.4 Å². The van der Waals surface area contributed by atoms with Crippen LogP contribution in [0.25, 0.3) is 0 Å². The van der Waals surface area contributed by atoms with Crippen LogP contribution in [0.3, 0.4) is 0 Å². The van der Waals surface area contributed by atoms with E-state index >= 15 is 0 Å². The Hall–Kier alpha value is -3.39. The maximum absolute atomic E-state index is 13.2. The van der Waals surface area contributed by atoms with Gasteiger partial charge in [-0.2, -0.15) is 0 Å². The van der Waals surface area contributed by atoms with Crippen LogP contribution in [-0.4, -0.2) is 25.3 Å². The van der Waals surface area contributed by atoms with E-state index in [4.69, 9.17) is 4.74 Å². The van der Waals surface area contributed by atoms with Crippen LogP contribution in [0.2, 0.25) is 0 Å². The lowest BCUT2D eigenvalue weighted by atomic mass is 10.0. The lowest BCUT2D eigenvalue weighted by molar-refractivity contribution is -0.140. The Balaban J connectivity index is 1.66. The van der Waals surface area contributed by atoms with Gasteiger partial charge >= 0.3 is 0 Å². The maximum Gasteiger partial charge on any atom is 0.264 e. The number of sulfonamides is 1. The molecule has 172 valence electrons. The van der Waals surface area contributed by atoms with Gasteiger partial charge in [-0.15, -0.1) is 0 Å². The summed E-state index contributed by atoms with van der Waals surface area (Å²) >= 11 is 0. The van der Waals surface area contributed by atoms with Gasteiger partial charge in [0.1, 0.15) is 11.6 Å². The van der Waals surface area contributed by atoms with Crippen molar-refractivity contribution in [1.29, 1.82) is 0 Å². The number of halogens is 1. The Bertz CT molecular complexity index is 1250. The highest BCUT2D eigenvalue weighted by molar-refractivity contribution is 7.92. The standard InChI is InChI=1S/C25H25FN2O4S/c1-3-23(18-7-5-4-6-8-18)28-16-19-15-21(11-14-24(19)32-17(2)25(28)29)27-33(30,31)22-12-9-20(26)10-13-22/h4-15,17,23,27H,3,16H2,1-2H3/t17-,23+/m0/s1. The minimum atomic E-state index is -3.90. The number of carbonyl (C=O) groups is 1. The van der Waals surface area contributed by atoms with E-state index in [0.717, 1.165) is 17.7 Å². The van der Waals surface area contributed by atoms with Crippen molar-refractivity contribution < 1.29 is 22.3 Å². The van der Waals surface area contributed by atoms with E-state index in [1.807, 2.05) is 37.3 Å². The predicted octanol–water partition coefficient (Wildman–Crippen LogP) is 4.89. The van der Waals surface area contributed by atoms with E-state index in [9.17, 15) is 17.6 Å². The van der Waals surface area contributed by atoms with Crippen LogP contribution in [0, 0.1) is 5.82 Å². The van der Waals surface area contributed by atoms with Gasteiger partial charge in [0.15, 0.2) is 6.10 Å². The van der Waals surface area contributed by atoms with Gasteiger partial charge in [0.05, 0.1) is 17.5 Å². The summed E-state index contributed by atoms with van der Waals surface area (Å²) in [5.74, 6) is -0.111. The van der Waals surface area contributed by atoms with Crippen molar-refractivity contribution in [3.63, 3.8) is 0 Å². The summed E-state index contributed by atoms with van der Waals surface area (Å²) in [6.45, 7) is 4.01. The van der Waals surface area contributed by atoms with Gasteiger partial charge in [-0.1, -0.05) is 37.3 Å². The SMILES string of the molecule is CC[C@H](c1ccccc1)N1Cc2cc(NS(=O)(=O)c3ccc(F)cc3)ccc2O[C@@H](C)C1=O. The van der Waals surface area contributed by atoms with E-state index in [1.165, 1.54) is 12.1 Å². The monoisotopic (exact) mass is 468 g/mol.